The third kappa shape index (κ3) is 2.37. The Morgan fingerprint density at radius 1 is 1.11 bits per heavy atom. The number of hydrogen-bond donors (Lipinski definition) is 2. The second-order valence-electron chi connectivity index (χ2n) is 6.75. The summed E-state index contributed by atoms with van der Waals surface area (Å²) in [4.78, 5) is 0. The molecule has 0 amide bonds. The number of ether oxygens (including phenoxy) is 1. The van der Waals surface area contributed by atoms with Crippen LogP contribution in [0.2, 0.25) is 0 Å². The van der Waals surface area contributed by atoms with E-state index in [1.54, 1.807) is 0 Å². The molecule has 6 nitrogen and oxygen atoms in total. The van der Waals surface area contributed by atoms with E-state index < -0.39 is 5.92 Å². The molecule has 5 rings (SSSR count). The van der Waals surface area contributed by atoms with Gasteiger partial charge in [0.25, 0.3) is 0 Å². The standard InChI is InChI=1S/C22H16N4O2/c1-12-6-9-17(27-12)18-16(11-23)21(24)28-22-19(18)20(25-26-22)15-8-7-13-4-2-3-5-14(13)10-15/h2-10,18H,24H2,1H3,(H,25,26)/t18-/m1/s1. The number of nitrogens with zero attached hydrogens (tertiary/aromatic N) is 2. The van der Waals surface area contributed by atoms with Crippen LogP contribution in [-0.2, 0) is 0 Å². The molecule has 3 N–H and O–H groups in total. The number of H-pyrrole nitrogens is 1. The third-order valence-electron chi connectivity index (χ3n) is 5.02. The second-order valence-corrected chi connectivity index (χ2v) is 6.75. The first kappa shape index (κ1) is 16.2. The Morgan fingerprint density at radius 2 is 1.93 bits per heavy atom. The molecule has 0 bridgehead atoms. The molecule has 4 aromatic rings. The summed E-state index contributed by atoms with van der Waals surface area (Å²) < 4.78 is 11.5. The quantitative estimate of drug-likeness (QED) is 0.548. The second kappa shape index (κ2) is 6.03. The first-order valence-electron chi connectivity index (χ1n) is 8.87. The van der Waals surface area contributed by atoms with E-state index in [2.05, 4.69) is 40.5 Å². The minimum absolute atomic E-state index is 0.0469. The molecular formula is C22H16N4O2. The highest BCUT2D eigenvalue weighted by atomic mass is 16.5. The van der Waals surface area contributed by atoms with Gasteiger partial charge >= 0.3 is 0 Å². The number of nitrogens with one attached hydrogen (secondary N) is 1. The Morgan fingerprint density at radius 3 is 2.68 bits per heavy atom. The monoisotopic (exact) mass is 368 g/mol. The Labute approximate surface area is 160 Å². The van der Waals surface area contributed by atoms with Crippen LogP contribution >= 0.6 is 0 Å². The summed E-state index contributed by atoms with van der Waals surface area (Å²) in [5.74, 6) is 1.31. The van der Waals surface area contributed by atoms with E-state index in [-0.39, 0.29) is 5.88 Å². The molecule has 2 aromatic carbocycles. The molecule has 0 unspecified atom stereocenters. The van der Waals surface area contributed by atoms with Gasteiger partial charge in [-0.2, -0.15) is 5.26 Å². The Balaban J connectivity index is 1.73. The molecular weight excluding hydrogens is 352 g/mol. The van der Waals surface area contributed by atoms with Crippen LogP contribution in [0.1, 0.15) is 23.0 Å². The van der Waals surface area contributed by atoms with Gasteiger partial charge in [-0.15, -0.1) is 5.10 Å². The van der Waals surface area contributed by atoms with Crippen molar-refractivity contribution >= 4 is 10.8 Å². The van der Waals surface area contributed by atoms with Crippen molar-refractivity contribution in [2.75, 3.05) is 0 Å². The van der Waals surface area contributed by atoms with Crippen LogP contribution < -0.4 is 10.5 Å². The van der Waals surface area contributed by atoms with Crippen molar-refractivity contribution in [3.05, 3.63) is 83.1 Å². The minimum Gasteiger partial charge on any atom is -0.465 e. The lowest BCUT2D eigenvalue weighted by molar-refractivity contribution is 0.369. The molecule has 6 heteroatoms. The number of nitrogens with two attached hydrogens (primary N) is 1. The molecule has 1 aliphatic rings. The van der Waals surface area contributed by atoms with Crippen molar-refractivity contribution in [2.24, 2.45) is 5.73 Å². The van der Waals surface area contributed by atoms with E-state index in [0.29, 0.717) is 17.2 Å². The number of aromatic nitrogens is 2. The summed E-state index contributed by atoms with van der Waals surface area (Å²) >= 11 is 0. The van der Waals surface area contributed by atoms with Gasteiger partial charge in [-0.05, 0) is 35.9 Å². The van der Waals surface area contributed by atoms with E-state index in [1.165, 1.54) is 0 Å². The smallest absolute Gasteiger partial charge is 0.244 e. The van der Waals surface area contributed by atoms with Gasteiger partial charge in [0.05, 0.1) is 17.2 Å². The Hall–Kier alpha value is -3.98. The highest BCUT2D eigenvalue weighted by molar-refractivity contribution is 5.87. The predicted octanol–water partition coefficient (Wildman–Crippen LogP) is 4.35. The van der Waals surface area contributed by atoms with Crippen molar-refractivity contribution < 1.29 is 9.15 Å². The molecule has 3 heterocycles. The SMILES string of the molecule is Cc1ccc([C@H]2C(C#N)=C(N)Oc3n[nH]c(-c4ccc5ccccc5c4)c32)o1. The molecule has 0 fully saturated rings. The van der Waals surface area contributed by atoms with E-state index in [9.17, 15) is 5.26 Å². The predicted molar refractivity (Wildman–Crippen MR) is 104 cm³/mol. The maximum Gasteiger partial charge on any atom is 0.244 e. The number of furan rings is 1. The van der Waals surface area contributed by atoms with Crippen molar-refractivity contribution in [3.8, 4) is 23.2 Å². The zero-order valence-electron chi connectivity index (χ0n) is 15.1. The number of fused-ring (bicyclic) bond motifs is 2. The number of rotatable bonds is 2. The fraction of sp³-hybridized carbons (Fsp3) is 0.0909. The number of nitriles is 1. The van der Waals surface area contributed by atoms with E-state index in [4.69, 9.17) is 14.9 Å². The zero-order valence-corrected chi connectivity index (χ0v) is 15.1. The van der Waals surface area contributed by atoms with E-state index in [0.717, 1.165) is 33.4 Å². The van der Waals surface area contributed by atoms with Crippen molar-refractivity contribution in [1.29, 1.82) is 5.26 Å². The van der Waals surface area contributed by atoms with Crippen LogP contribution in [0.25, 0.3) is 22.0 Å². The number of benzene rings is 2. The average Bonchev–Trinajstić information content (AvgIpc) is 3.32. The molecule has 0 radical (unpaired) electrons. The van der Waals surface area contributed by atoms with Crippen LogP contribution in [0.3, 0.4) is 0 Å². The Bertz CT molecular complexity index is 1290. The fourth-order valence-electron chi connectivity index (χ4n) is 3.70. The van der Waals surface area contributed by atoms with Crippen LogP contribution in [-0.4, -0.2) is 10.2 Å². The molecule has 136 valence electrons. The molecule has 0 saturated carbocycles. The lowest BCUT2D eigenvalue weighted by Gasteiger charge is -2.22. The van der Waals surface area contributed by atoms with Crippen LogP contribution in [0.5, 0.6) is 5.88 Å². The summed E-state index contributed by atoms with van der Waals surface area (Å²) in [6, 6.07) is 20.2. The largest absolute Gasteiger partial charge is 0.465 e. The topological polar surface area (TPSA) is 101 Å². The average molecular weight is 368 g/mol. The molecule has 0 saturated heterocycles. The molecule has 28 heavy (non-hydrogen) atoms. The van der Waals surface area contributed by atoms with Gasteiger partial charge in [0.1, 0.15) is 23.2 Å². The lowest BCUT2D eigenvalue weighted by Crippen LogP contribution is -2.20. The van der Waals surface area contributed by atoms with Gasteiger partial charge in [-0.1, -0.05) is 36.4 Å². The van der Waals surface area contributed by atoms with Crippen molar-refractivity contribution in [2.45, 2.75) is 12.8 Å². The Kier molecular flexibility index (Phi) is 3.49. The summed E-state index contributed by atoms with van der Waals surface area (Å²) in [7, 11) is 0. The summed E-state index contributed by atoms with van der Waals surface area (Å²) in [5.41, 5.74) is 8.78. The maximum atomic E-state index is 9.73. The number of allylic oxidation sites excluding steroid dienone is 1. The molecule has 0 spiro atoms. The van der Waals surface area contributed by atoms with Crippen molar-refractivity contribution in [3.63, 3.8) is 0 Å². The van der Waals surface area contributed by atoms with E-state index in [1.807, 2.05) is 37.3 Å². The molecule has 0 aliphatic carbocycles. The molecule has 2 aromatic heterocycles. The van der Waals surface area contributed by atoms with E-state index >= 15 is 0 Å². The summed E-state index contributed by atoms with van der Waals surface area (Å²) in [5, 5.41) is 19.3. The van der Waals surface area contributed by atoms with Gasteiger partial charge < -0.3 is 14.9 Å². The van der Waals surface area contributed by atoms with Crippen LogP contribution in [0, 0.1) is 18.3 Å². The first-order chi connectivity index (χ1) is 13.7. The number of aromatic amines is 1. The van der Waals surface area contributed by atoms with Gasteiger partial charge in [-0.25, -0.2) is 0 Å². The normalized spacial score (nSPS) is 15.9. The highest BCUT2D eigenvalue weighted by Crippen LogP contribution is 2.46. The summed E-state index contributed by atoms with van der Waals surface area (Å²) in [6.07, 6.45) is 0. The lowest BCUT2D eigenvalue weighted by atomic mass is 9.86. The van der Waals surface area contributed by atoms with Gasteiger partial charge in [0, 0.05) is 5.56 Å². The van der Waals surface area contributed by atoms with Gasteiger partial charge in [-0.3, -0.25) is 5.10 Å². The van der Waals surface area contributed by atoms with Gasteiger partial charge in [0.2, 0.25) is 11.8 Å². The minimum atomic E-state index is -0.484. The zero-order chi connectivity index (χ0) is 19.3. The highest BCUT2D eigenvalue weighted by Gasteiger charge is 2.37. The number of hydrogen-bond acceptors (Lipinski definition) is 5. The van der Waals surface area contributed by atoms with Gasteiger partial charge in [0.15, 0.2) is 0 Å². The summed E-state index contributed by atoms with van der Waals surface area (Å²) in [6.45, 7) is 1.86. The number of aryl methyl sites for hydroxylation is 1. The van der Waals surface area contributed by atoms with Crippen molar-refractivity contribution in [1.82, 2.24) is 10.2 Å². The van der Waals surface area contributed by atoms with Crippen LogP contribution in [0.4, 0.5) is 0 Å². The maximum absolute atomic E-state index is 9.73. The molecule has 1 aliphatic heterocycles. The fourth-order valence-corrected chi connectivity index (χ4v) is 3.70. The molecule has 1 atom stereocenters. The first-order valence-corrected chi connectivity index (χ1v) is 8.87. The third-order valence-corrected chi connectivity index (χ3v) is 5.02. The van der Waals surface area contributed by atoms with Crippen LogP contribution in [0.15, 0.2) is 70.5 Å².